The molecule has 18 heavy (non-hydrogen) atoms. The van der Waals surface area contributed by atoms with Gasteiger partial charge in [0.15, 0.2) is 0 Å². The Morgan fingerprint density at radius 3 is 3.11 bits per heavy atom. The number of morpholine rings is 1. The van der Waals surface area contributed by atoms with Gasteiger partial charge in [0.25, 0.3) is 0 Å². The van der Waals surface area contributed by atoms with E-state index in [0.29, 0.717) is 30.2 Å². The highest BCUT2D eigenvalue weighted by molar-refractivity contribution is 5.46. The first kappa shape index (κ1) is 12.8. The van der Waals surface area contributed by atoms with E-state index in [1.54, 1.807) is 6.07 Å². The molecule has 5 heteroatoms. The summed E-state index contributed by atoms with van der Waals surface area (Å²) in [6.45, 7) is 6.52. The maximum atomic E-state index is 9.11. The summed E-state index contributed by atoms with van der Waals surface area (Å²) in [5.41, 5.74) is 2.06. The van der Waals surface area contributed by atoms with E-state index < -0.39 is 0 Å². The van der Waals surface area contributed by atoms with Gasteiger partial charge in [-0.1, -0.05) is 0 Å². The molecule has 1 atom stereocenters. The van der Waals surface area contributed by atoms with E-state index in [1.165, 1.54) is 0 Å². The molecule has 0 aliphatic carbocycles. The monoisotopic (exact) mass is 247 g/mol. The third-order valence-electron chi connectivity index (χ3n) is 2.83. The summed E-state index contributed by atoms with van der Waals surface area (Å²) in [6.07, 6.45) is 0.0408. The number of aromatic nitrogens is 1. The van der Waals surface area contributed by atoms with Gasteiger partial charge in [0.2, 0.25) is 0 Å². The molecule has 0 amide bonds. The largest absolute Gasteiger partial charge is 0.489 e. The number of nitriles is 1. The Hall–Kier alpha value is -1.64. The summed E-state index contributed by atoms with van der Waals surface area (Å²) in [5.74, 6) is 0.594. The smallest absolute Gasteiger partial charge is 0.140 e. The topological polar surface area (TPSA) is 67.2 Å². The van der Waals surface area contributed by atoms with Crippen LogP contribution in [0.1, 0.15) is 17.0 Å². The molecule has 96 valence electrons. The van der Waals surface area contributed by atoms with Crippen LogP contribution in [0.5, 0.6) is 5.75 Å². The van der Waals surface area contributed by atoms with E-state index in [-0.39, 0.29) is 6.10 Å². The summed E-state index contributed by atoms with van der Waals surface area (Å²) in [7, 11) is 0. The quantitative estimate of drug-likeness (QED) is 0.861. The Morgan fingerprint density at radius 1 is 1.61 bits per heavy atom. The van der Waals surface area contributed by atoms with E-state index in [4.69, 9.17) is 14.7 Å². The SMILES string of the molecule is Cc1cc(OCC2CNCCO2)c(C#N)c(C)n1. The summed E-state index contributed by atoms with van der Waals surface area (Å²) >= 11 is 0. The molecule has 0 radical (unpaired) electrons. The molecule has 1 aliphatic rings. The number of nitrogens with zero attached hydrogens (tertiary/aromatic N) is 2. The molecule has 2 heterocycles. The Balaban J connectivity index is 2.06. The van der Waals surface area contributed by atoms with Crippen LogP contribution in [0, 0.1) is 25.2 Å². The zero-order valence-electron chi connectivity index (χ0n) is 10.7. The Morgan fingerprint density at radius 2 is 2.44 bits per heavy atom. The van der Waals surface area contributed by atoms with Crippen molar-refractivity contribution < 1.29 is 9.47 Å². The number of ether oxygens (including phenoxy) is 2. The van der Waals surface area contributed by atoms with Crippen LogP contribution in [-0.4, -0.2) is 37.4 Å². The minimum Gasteiger partial charge on any atom is -0.489 e. The molecule has 0 bridgehead atoms. The van der Waals surface area contributed by atoms with Crippen LogP contribution < -0.4 is 10.1 Å². The molecule has 1 N–H and O–H groups in total. The molecule has 2 rings (SSSR count). The van der Waals surface area contributed by atoms with Gasteiger partial charge in [-0.3, -0.25) is 4.98 Å². The first-order valence-electron chi connectivity index (χ1n) is 6.04. The number of aryl methyl sites for hydroxylation is 2. The third-order valence-corrected chi connectivity index (χ3v) is 2.83. The van der Waals surface area contributed by atoms with Crippen molar-refractivity contribution in [1.82, 2.24) is 10.3 Å². The Bertz CT molecular complexity index is 462. The van der Waals surface area contributed by atoms with E-state index >= 15 is 0 Å². The van der Waals surface area contributed by atoms with E-state index in [0.717, 1.165) is 18.8 Å². The zero-order valence-corrected chi connectivity index (χ0v) is 10.7. The molecule has 0 saturated carbocycles. The van der Waals surface area contributed by atoms with Gasteiger partial charge in [-0.2, -0.15) is 5.26 Å². The second-order valence-electron chi connectivity index (χ2n) is 4.34. The average molecular weight is 247 g/mol. The van der Waals surface area contributed by atoms with Crippen LogP contribution in [0.15, 0.2) is 6.07 Å². The highest BCUT2D eigenvalue weighted by Gasteiger charge is 2.16. The lowest BCUT2D eigenvalue weighted by atomic mass is 10.2. The first-order valence-corrected chi connectivity index (χ1v) is 6.04. The van der Waals surface area contributed by atoms with Gasteiger partial charge < -0.3 is 14.8 Å². The zero-order chi connectivity index (χ0) is 13.0. The fourth-order valence-corrected chi connectivity index (χ4v) is 1.95. The molecule has 1 fully saturated rings. The molecule has 1 aromatic heterocycles. The van der Waals surface area contributed by atoms with Crippen molar-refractivity contribution in [3.63, 3.8) is 0 Å². The van der Waals surface area contributed by atoms with E-state index in [2.05, 4.69) is 16.4 Å². The van der Waals surface area contributed by atoms with Crippen LogP contribution in [0.4, 0.5) is 0 Å². The molecule has 1 saturated heterocycles. The van der Waals surface area contributed by atoms with Crippen molar-refractivity contribution in [2.45, 2.75) is 20.0 Å². The van der Waals surface area contributed by atoms with Crippen LogP contribution >= 0.6 is 0 Å². The van der Waals surface area contributed by atoms with Gasteiger partial charge in [-0.25, -0.2) is 0 Å². The molecule has 1 unspecified atom stereocenters. The van der Waals surface area contributed by atoms with Gasteiger partial charge in [-0.05, 0) is 13.8 Å². The van der Waals surface area contributed by atoms with Crippen molar-refractivity contribution in [3.8, 4) is 11.8 Å². The summed E-state index contributed by atoms with van der Waals surface area (Å²) < 4.78 is 11.2. The number of nitrogens with one attached hydrogen (secondary N) is 1. The number of hydrogen-bond donors (Lipinski definition) is 1. The second-order valence-corrected chi connectivity index (χ2v) is 4.34. The van der Waals surface area contributed by atoms with Gasteiger partial charge in [0, 0.05) is 24.8 Å². The molecule has 0 aromatic carbocycles. The third kappa shape index (κ3) is 2.97. The average Bonchev–Trinajstić information content (AvgIpc) is 2.37. The predicted octanol–water partition coefficient (Wildman–Crippen LogP) is 0.937. The lowest BCUT2D eigenvalue weighted by molar-refractivity contribution is 0.0000961. The summed E-state index contributed by atoms with van der Waals surface area (Å²) in [6, 6.07) is 3.93. The Labute approximate surface area is 107 Å². The number of rotatable bonds is 3. The number of hydrogen-bond acceptors (Lipinski definition) is 5. The van der Waals surface area contributed by atoms with Gasteiger partial charge in [0.1, 0.15) is 30.1 Å². The lowest BCUT2D eigenvalue weighted by Crippen LogP contribution is -2.41. The maximum Gasteiger partial charge on any atom is 0.140 e. The van der Waals surface area contributed by atoms with Crippen molar-refractivity contribution in [2.24, 2.45) is 0 Å². The summed E-state index contributed by atoms with van der Waals surface area (Å²) in [5, 5.41) is 12.4. The number of pyridine rings is 1. The standard InChI is InChI=1S/C13H17N3O2/c1-9-5-13(12(6-14)10(2)16-9)18-8-11-7-15-3-4-17-11/h5,11,15H,3-4,7-8H2,1-2H3. The Kier molecular flexibility index (Phi) is 4.13. The fourth-order valence-electron chi connectivity index (χ4n) is 1.95. The van der Waals surface area contributed by atoms with Gasteiger partial charge in [0.05, 0.1) is 12.3 Å². The molecule has 1 aliphatic heterocycles. The normalized spacial score (nSPS) is 19.3. The molecular formula is C13H17N3O2. The molecule has 5 nitrogen and oxygen atoms in total. The lowest BCUT2D eigenvalue weighted by Gasteiger charge is -2.24. The van der Waals surface area contributed by atoms with Gasteiger partial charge in [-0.15, -0.1) is 0 Å². The van der Waals surface area contributed by atoms with Crippen molar-refractivity contribution in [3.05, 3.63) is 23.0 Å². The van der Waals surface area contributed by atoms with Crippen LogP contribution in [0.3, 0.4) is 0 Å². The predicted molar refractivity (Wildman–Crippen MR) is 66.5 cm³/mol. The highest BCUT2D eigenvalue weighted by Crippen LogP contribution is 2.21. The van der Waals surface area contributed by atoms with Crippen LogP contribution in [-0.2, 0) is 4.74 Å². The summed E-state index contributed by atoms with van der Waals surface area (Å²) in [4.78, 5) is 4.25. The highest BCUT2D eigenvalue weighted by atomic mass is 16.5. The molecule has 1 aromatic rings. The first-order chi connectivity index (χ1) is 8.70. The molecular weight excluding hydrogens is 230 g/mol. The molecule has 0 spiro atoms. The van der Waals surface area contributed by atoms with Gasteiger partial charge >= 0.3 is 0 Å². The van der Waals surface area contributed by atoms with Crippen LogP contribution in [0.25, 0.3) is 0 Å². The maximum absolute atomic E-state index is 9.11. The second kappa shape index (κ2) is 5.80. The van der Waals surface area contributed by atoms with Crippen molar-refractivity contribution in [1.29, 1.82) is 5.26 Å². The fraction of sp³-hybridized carbons (Fsp3) is 0.538. The minimum atomic E-state index is 0.0408. The van der Waals surface area contributed by atoms with E-state index in [1.807, 2.05) is 13.8 Å². The van der Waals surface area contributed by atoms with E-state index in [9.17, 15) is 0 Å². The van der Waals surface area contributed by atoms with Crippen molar-refractivity contribution in [2.75, 3.05) is 26.3 Å². The van der Waals surface area contributed by atoms with Crippen molar-refractivity contribution >= 4 is 0 Å². The minimum absolute atomic E-state index is 0.0408. The van der Waals surface area contributed by atoms with Crippen LogP contribution in [0.2, 0.25) is 0 Å².